The van der Waals surface area contributed by atoms with E-state index in [0.717, 1.165) is 47.6 Å². The Morgan fingerprint density at radius 3 is 2.79 bits per heavy atom. The minimum absolute atomic E-state index is 0.0283. The summed E-state index contributed by atoms with van der Waals surface area (Å²) in [6, 6.07) is 15.9. The molecule has 2 unspecified atom stereocenters. The van der Waals surface area contributed by atoms with Crippen molar-refractivity contribution in [3.05, 3.63) is 64.7 Å². The molecule has 0 spiro atoms. The van der Waals surface area contributed by atoms with Crippen molar-refractivity contribution >= 4 is 29.1 Å². The van der Waals surface area contributed by atoms with Crippen LogP contribution in [-0.2, 0) is 22.4 Å². The standard InChI is InChI=1S/C23H25ClN2O2/c24-20-9-3-1-6-16(20)15-19-8-5-13-26(19)22(27)12-11-18-14-17-7-2-4-10-21(17)25-23(18)28/h1-4,6-7,9-10,18-19H,5,8,11-15H2,(H,25,28). The van der Waals surface area contributed by atoms with Crippen LogP contribution in [0.25, 0.3) is 0 Å². The van der Waals surface area contributed by atoms with E-state index in [2.05, 4.69) is 5.32 Å². The number of para-hydroxylation sites is 1. The number of hydrogen-bond acceptors (Lipinski definition) is 2. The third-order valence-corrected chi connectivity index (χ3v) is 6.30. The molecule has 1 saturated heterocycles. The van der Waals surface area contributed by atoms with Crippen LogP contribution in [0.1, 0.15) is 36.8 Å². The monoisotopic (exact) mass is 396 g/mol. The normalized spacial score (nSPS) is 21.3. The van der Waals surface area contributed by atoms with Gasteiger partial charge in [0.25, 0.3) is 0 Å². The summed E-state index contributed by atoms with van der Waals surface area (Å²) in [5, 5.41) is 3.74. The van der Waals surface area contributed by atoms with Gasteiger partial charge < -0.3 is 10.2 Å². The molecular weight excluding hydrogens is 372 g/mol. The molecule has 1 N–H and O–H groups in total. The van der Waals surface area contributed by atoms with Crippen molar-refractivity contribution in [3.63, 3.8) is 0 Å². The van der Waals surface area contributed by atoms with Crippen LogP contribution in [0.5, 0.6) is 0 Å². The lowest BCUT2D eigenvalue weighted by molar-refractivity contribution is -0.132. The van der Waals surface area contributed by atoms with Gasteiger partial charge in [-0.1, -0.05) is 48.0 Å². The minimum atomic E-state index is -0.136. The number of benzene rings is 2. The molecule has 2 aromatic carbocycles. The Labute approximate surface area is 170 Å². The van der Waals surface area contributed by atoms with E-state index in [9.17, 15) is 9.59 Å². The Morgan fingerprint density at radius 1 is 1.14 bits per heavy atom. The number of halogens is 1. The van der Waals surface area contributed by atoms with Gasteiger partial charge in [-0.3, -0.25) is 9.59 Å². The van der Waals surface area contributed by atoms with Gasteiger partial charge in [0.2, 0.25) is 11.8 Å². The molecule has 4 nitrogen and oxygen atoms in total. The number of likely N-dealkylation sites (tertiary alicyclic amines) is 1. The highest BCUT2D eigenvalue weighted by atomic mass is 35.5. The van der Waals surface area contributed by atoms with Crippen molar-refractivity contribution in [3.8, 4) is 0 Å². The summed E-state index contributed by atoms with van der Waals surface area (Å²) in [7, 11) is 0. The molecule has 4 rings (SSSR count). The highest BCUT2D eigenvalue weighted by Crippen LogP contribution is 2.29. The number of nitrogens with zero attached hydrogens (tertiary/aromatic N) is 1. The number of hydrogen-bond donors (Lipinski definition) is 1. The number of anilines is 1. The maximum absolute atomic E-state index is 12.9. The molecule has 0 bridgehead atoms. The Morgan fingerprint density at radius 2 is 1.93 bits per heavy atom. The maximum Gasteiger partial charge on any atom is 0.227 e. The molecule has 0 saturated carbocycles. The van der Waals surface area contributed by atoms with Crippen molar-refractivity contribution in [1.82, 2.24) is 4.90 Å². The van der Waals surface area contributed by atoms with Crippen molar-refractivity contribution in [2.75, 3.05) is 11.9 Å². The largest absolute Gasteiger partial charge is 0.339 e. The zero-order chi connectivity index (χ0) is 19.5. The Bertz CT molecular complexity index is 882. The zero-order valence-electron chi connectivity index (χ0n) is 15.9. The van der Waals surface area contributed by atoms with Gasteiger partial charge in [0.15, 0.2) is 0 Å². The molecule has 2 aliphatic rings. The lowest BCUT2D eigenvalue weighted by Gasteiger charge is -2.27. The number of fused-ring (bicyclic) bond motifs is 1. The highest BCUT2D eigenvalue weighted by Gasteiger charge is 2.31. The number of carbonyl (C=O) groups is 2. The quantitative estimate of drug-likeness (QED) is 0.810. The topological polar surface area (TPSA) is 49.4 Å². The zero-order valence-corrected chi connectivity index (χ0v) is 16.6. The van der Waals surface area contributed by atoms with Gasteiger partial charge in [-0.15, -0.1) is 0 Å². The van der Waals surface area contributed by atoms with Gasteiger partial charge in [0, 0.05) is 35.6 Å². The van der Waals surface area contributed by atoms with Crippen LogP contribution < -0.4 is 5.32 Å². The fourth-order valence-electron chi connectivity index (χ4n) is 4.38. The molecule has 0 radical (unpaired) electrons. The second kappa shape index (κ2) is 8.36. The number of carbonyl (C=O) groups excluding carboxylic acids is 2. The summed E-state index contributed by atoms with van der Waals surface area (Å²) in [5.41, 5.74) is 3.14. The minimum Gasteiger partial charge on any atom is -0.339 e. The Balaban J connectivity index is 1.36. The fourth-order valence-corrected chi connectivity index (χ4v) is 4.59. The average molecular weight is 397 g/mol. The fraction of sp³-hybridized carbons (Fsp3) is 0.391. The van der Waals surface area contributed by atoms with Crippen molar-refractivity contribution in [1.29, 1.82) is 0 Å². The van der Waals surface area contributed by atoms with E-state index >= 15 is 0 Å². The summed E-state index contributed by atoms with van der Waals surface area (Å²) in [6.45, 7) is 0.799. The van der Waals surface area contributed by atoms with E-state index < -0.39 is 0 Å². The Kier molecular flexibility index (Phi) is 5.67. The molecule has 2 atom stereocenters. The summed E-state index contributed by atoms with van der Waals surface area (Å²) in [6.07, 6.45) is 4.54. The average Bonchev–Trinajstić information content (AvgIpc) is 3.16. The lowest BCUT2D eigenvalue weighted by Crippen LogP contribution is -2.38. The van der Waals surface area contributed by atoms with E-state index in [1.54, 1.807) is 0 Å². The van der Waals surface area contributed by atoms with Gasteiger partial charge in [0.05, 0.1) is 0 Å². The van der Waals surface area contributed by atoms with E-state index in [1.807, 2.05) is 53.4 Å². The first-order chi connectivity index (χ1) is 13.6. The molecule has 2 heterocycles. The van der Waals surface area contributed by atoms with Crippen molar-refractivity contribution in [2.45, 2.75) is 44.6 Å². The van der Waals surface area contributed by atoms with Crippen molar-refractivity contribution < 1.29 is 9.59 Å². The maximum atomic E-state index is 12.9. The van der Waals surface area contributed by atoms with Gasteiger partial charge in [-0.25, -0.2) is 0 Å². The molecule has 5 heteroatoms. The number of amides is 2. The van der Waals surface area contributed by atoms with E-state index in [-0.39, 0.29) is 23.8 Å². The summed E-state index contributed by atoms with van der Waals surface area (Å²) in [5.74, 6) is 0.0465. The predicted molar refractivity (Wildman–Crippen MR) is 111 cm³/mol. The third-order valence-electron chi connectivity index (χ3n) is 5.93. The molecule has 2 aromatic rings. The molecular formula is C23H25ClN2O2. The molecule has 146 valence electrons. The summed E-state index contributed by atoms with van der Waals surface area (Å²) in [4.78, 5) is 27.3. The van der Waals surface area contributed by atoms with Gasteiger partial charge in [0.1, 0.15) is 0 Å². The van der Waals surface area contributed by atoms with Crippen LogP contribution in [0.2, 0.25) is 5.02 Å². The van der Waals surface area contributed by atoms with E-state index in [0.29, 0.717) is 19.3 Å². The van der Waals surface area contributed by atoms with Crippen molar-refractivity contribution in [2.24, 2.45) is 5.92 Å². The van der Waals surface area contributed by atoms with E-state index in [1.165, 1.54) is 0 Å². The molecule has 2 amide bonds. The molecule has 28 heavy (non-hydrogen) atoms. The van der Waals surface area contributed by atoms with Crippen LogP contribution in [0.3, 0.4) is 0 Å². The summed E-state index contributed by atoms with van der Waals surface area (Å²) >= 11 is 6.30. The van der Waals surface area contributed by atoms with Crippen LogP contribution in [0.15, 0.2) is 48.5 Å². The van der Waals surface area contributed by atoms with Gasteiger partial charge >= 0.3 is 0 Å². The molecule has 0 aromatic heterocycles. The SMILES string of the molecule is O=C1Nc2ccccc2CC1CCC(=O)N1CCCC1Cc1ccccc1Cl. The predicted octanol–water partition coefficient (Wildman–Crippen LogP) is 4.46. The lowest BCUT2D eigenvalue weighted by atomic mass is 9.89. The summed E-state index contributed by atoms with van der Waals surface area (Å²) < 4.78 is 0. The van der Waals surface area contributed by atoms with Crippen LogP contribution >= 0.6 is 11.6 Å². The first-order valence-corrected chi connectivity index (χ1v) is 10.4. The second-order valence-corrected chi connectivity index (χ2v) is 8.17. The smallest absolute Gasteiger partial charge is 0.227 e. The molecule has 1 fully saturated rings. The van der Waals surface area contributed by atoms with Crippen LogP contribution in [-0.4, -0.2) is 29.3 Å². The van der Waals surface area contributed by atoms with E-state index in [4.69, 9.17) is 11.6 Å². The molecule has 0 aliphatic carbocycles. The van der Waals surface area contributed by atoms with Crippen LogP contribution in [0, 0.1) is 5.92 Å². The van der Waals surface area contributed by atoms with Crippen LogP contribution in [0.4, 0.5) is 5.69 Å². The number of nitrogens with one attached hydrogen (secondary N) is 1. The highest BCUT2D eigenvalue weighted by molar-refractivity contribution is 6.31. The van der Waals surface area contributed by atoms with Gasteiger partial charge in [-0.2, -0.15) is 0 Å². The third kappa shape index (κ3) is 4.07. The molecule has 2 aliphatic heterocycles. The first-order valence-electron chi connectivity index (χ1n) is 10.0. The second-order valence-electron chi connectivity index (χ2n) is 7.76. The first kappa shape index (κ1) is 19.0. The Hall–Kier alpha value is -2.33. The number of rotatable bonds is 5. The van der Waals surface area contributed by atoms with Gasteiger partial charge in [-0.05, 0) is 55.4 Å².